The van der Waals surface area contributed by atoms with Crippen LogP contribution in [0.1, 0.15) is 6.23 Å². The van der Waals surface area contributed by atoms with Gasteiger partial charge in [-0.2, -0.15) is 0 Å². The van der Waals surface area contributed by atoms with Gasteiger partial charge in [0.15, 0.2) is 6.23 Å². The second-order valence-electron chi connectivity index (χ2n) is 5.36. The van der Waals surface area contributed by atoms with E-state index in [0.717, 1.165) is 10.8 Å². The van der Waals surface area contributed by atoms with Crippen LogP contribution in [-0.4, -0.2) is 44.7 Å². The number of nitrogens with one attached hydrogen (secondary N) is 1. The summed E-state index contributed by atoms with van der Waals surface area (Å²) < 4.78 is 49.3. The minimum absolute atomic E-state index is 0. The molecular weight excluding hydrogens is 513 g/mol. The number of hydrogen-bond acceptors (Lipinski definition) is 15. The topological polar surface area (TPSA) is 259 Å². The van der Waals surface area contributed by atoms with E-state index in [1.807, 2.05) is 0 Å². The Hall–Kier alpha value is 1.78. The van der Waals surface area contributed by atoms with Crippen LogP contribution in [0.2, 0.25) is 0 Å². The third-order valence-electron chi connectivity index (χ3n) is 3.26. The van der Waals surface area contributed by atoms with Crippen molar-refractivity contribution in [1.82, 2.24) is 9.55 Å². The van der Waals surface area contributed by atoms with Crippen LogP contribution >= 0.6 is 35.7 Å². The molecule has 1 aromatic rings. The van der Waals surface area contributed by atoms with Crippen LogP contribution in [0.3, 0.4) is 0 Å². The number of aliphatic hydroxyl groups is 2. The molecule has 33 heavy (non-hydrogen) atoms. The fourth-order valence-electron chi connectivity index (χ4n) is 2.17. The maximum absolute atomic E-state index is 11.8. The zero-order valence-electron chi connectivity index (χ0n) is 17.7. The number of phosphoric ester groups is 1. The summed E-state index contributed by atoms with van der Waals surface area (Å²) in [4.78, 5) is 57.1. The SMILES string of the molecule is O=c1[nH]c(=S)ccn1C1OC(COP(=O)([O-])OP(=O)([O-])OP(=O)([O-])[O-])C(O)C1O.[Li+].[Li+].[Li+].[Li+]. The van der Waals surface area contributed by atoms with Crippen molar-refractivity contribution < 1.29 is 137 Å². The molecule has 1 aliphatic heterocycles. The van der Waals surface area contributed by atoms with Crippen molar-refractivity contribution in [3.63, 3.8) is 0 Å². The molecule has 0 spiro atoms. The second-order valence-corrected chi connectivity index (χ2v) is 10.1. The van der Waals surface area contributed by atoms with Crippen LogP contribution in [0.15, 0.2) is 17.1 Å². The molecule has 16 nitrogen and oxygen atoms in total. The number of aliphatic hydroxyl groups excluding tert-OH is 2. The molecule has 1 aliphatic rings. The summed E-state index contributed by atoms with van der Waals surface area (Å²) in [6.45, 7) is -1.13. The van der Waals surface area contributed by atoms with Crippen molar-refractivity contribution in [3.05, 3.63) is 27.4 Å². The van der Waals surface area contributed by atoms with E-state index < -0.39 is 60.3 Å². The number of phosphoric acid groups is 3. The summed E-state index contributed by atoms with van der Waals surface area (Å²) in [6.07, 6.45) is -5.51. The van der Waals surface area contributed by atoms with Crippen LogP contribution in [0.5, 0.6) is 0 Å². The number of nitrogens with zero attached hydrogens (tertiary/aromatic N) is 1. The Morgan fingerprint density at radius 2 is 1.58 bits per heavy atom. The monoisotopic (exact) mass is 524 g/mol. The van der Waals surface area contributed by atoms with Gasteiger partial charge in [-0.25, -0.2) is 9.11 Å². The van der Waals surface area contributed by atoms with E-state index in [0.29, 0.717) is 0 Å². The van der Waals surface area contributed by atoms with Crippen LogP contribution in [0.4, 0.5) is 0 Å². The van der Waals surface area contributed by atoms with Crippen LogP contribution in [0.25, 0.3) is 0 Å². The van der Waals surface area contributed by atoms with Gasteiger partial charge >= 0.3 is 81.1 Å². The Kier molecular flexibility index (Phi) is 18.2. The van der Waals surface area contributed by atoms with Crippen LogP contribution < -0.4 is 101 Å². The van der Waals surface area contributed by atoms with Crippen molar-refractivity contribution in [3.8, 4) is 0 Å². The van der Waals surface area contributed by atoms with Crippen molar-refractivity contribution in [2.75, 3.05) is 6.61 Å². The summed E-state index contributed by atoms with van der Waals surface area (Å²) in [5.74, 6) is 0. The van der Waals surface area contributed by atoms with Crippen LogP contribution in [0, 0.1) is 4.64 Å². The fraction of sp³-hybridized carbons (Fsp3) is 0.556. The van der Waals surface area contributed by atoms with Gasteiger partial charge in [0.05, 0.1) is 14.4 Å². The molecule has 0 amide bonds. The predicted molar refractivity (Wildman–Crippen MR) is 82.8 cm³/mol. The average Bonchev–Trinajstić information content (AvgIpc) is 2.78. The van der Waals surface area contributed by atoms with Crippen molar-refractivity contribution in [2.45, 2.75) is 24.5 Å². The van der Waals surface area contributed by atoms with Gasteiger partial charge in [-0.15, -0.1) is 0 Å². The van der Waals surface area contributed by atoms with E-state index in [1.165, 1.54) is 6.07 Å². The smallest absolute Gasteiger partial charge is 0.790 e. The molecular formula is C9H11Li4N2O14P3S. The second kappa shape index (κ2) is 15.3. The van der Waals surface area contributed by atoms with Crippen molar-refractivity contribution in [2.24, 2.45) is 0 Å². The van der Waals surface area contributed by atoms with Gasteiger partial charge in [0.2, 0.25) is 0 Å². The average molecular weight is 524 g/mol. The molecule has 0 aromatic carbocycles. The molecule has 0 aliphatic carbocycles. The third kappa shape index (κ3) is 12.2. The zero-order valence-corrected chi connectivity index (χ0v) is 21.2. The molecule has 24 heteroatoms. The van der Waals surface area contributed by atoms with Gasteiger partial charge in [-0.05, 0) is 6.07 Å². The van der Waals surface area contributed by atoms with E-state index in [9.17, 15) is 48.3 Å². The van der Waals surface area contributed by atoms with Crippen molar-refractivity contribution >= 4 is 35.7 Å². The molecule has 1 saturated heterocycles. The molecule has 1 aromatic heterocycles. The number of H-pyrrole nitrogens is 1. The Morgan fingerprint density at radius 3 is 2.06 bits per heavy atom. The number of ether oxygens (including phenoxy) is 1. The first-order chi connectivity index (χ1) is 13.1. The third-order valence-corrected chi connectivity index (χ3v) is 7.16. The van der Waals surface area contributed by atoms with Gasteiger partial charge in [0.1, 0.15) is 23.0 Å². The van der Waals surface area contributed by atoms with Crippen molar-refractivity contribution in [1.29, 1.82) is 0 Å². The van der Waals surface area contributed by atoms with Gasteiger partial charge in [0, 0.05) is 6.20 Å². The minimum atomic E-state index is -6.15. The van der Waals surface area contributed by atoms with E-state index in [4.69, 9.17) is 17.0 Å². The number of hydrogen-bond donors (Lipinski definition) is 3. The molecule has 2 rings (SSSR count). The molecule has 6 atom stereocenters. The summed E-state index contributed by atoms with van der Waals surface area (Å²) >= 11 is 4.73. The largest absolute Gasteiger partial charge is 1.00 e. The molecule has 1 fully saturated rings. The van der Waals surface area contributed by atoms with E-state index in [2.05, 4.69) is 18.1 Å². The molecule has 0 saturated carbocycles. The van der Waals surface area contributed by atoms with Gasteiger partial charge < -0.3 is 43.6 Å². The first-order valence-corrected chi connectivity index (χ1v) is 11.9. The Labute approximate surface area is 238 Å². The van der Waals surface area contributed by atoms with Gasteiger partial charge in [0.25, 0.3) is 15.6 Å². The van der Waals surface area contributed by atoms with E-state index >= 15 is 0 Å². The summed E-state index contributed by atoms with van der Waals surface area (Å²) in [6, 6.07) is 1.26. The first kappa shape index (κ1) is 39.3. The van der Waals surface area contributed by atoms with Gasteiger partial charge in [-0.3, -0.25) is 23.0 Å². The minimum Gasteiger partial charge on any atom is -0.790 e. The molecule has 2 heterocycles. The van der Waals surface area contributed by atoms with Gasteiger partial charge in [-0.1, -0.05) is 12.2 Å². The maximum Gasteiger partial charge on any atom is 1.00 e. The fourth-order valence-corrected chi connectivity index (χ4v) is 5.19. The Bertz CT molecular complexity index is 1020. The number of aromatic amines is 1. The summed E-state index contributed by atoms with van der Waals surface area (Å²) in [5.41, 5.74) is -0.822. The van der Waals surface area contributed by atoms with E-state index in [-0.39, 0.29) is 80.1 Å². The predicted octanol–water partition coefficient (Wildman–Crippen LogP) is -15.6. The quantitative estimate of drug-likeness (QED) is 0.162. The Balaban J connectivity index is -0.00000225. The number of rotatable bonds is 8. The molecule has 166 valence electrons. The molecule has 6 unspecified atom stereocenters. The molecule has 0 radical (unpaired) electrons. The zero-order chi connectivity index (χ0) is 22.2. The standard InChI is InChI=1S/C9H15N2O14P3S.4Li/c12-6-4(3-22-27(18,19)25-28(20,21)24-26(15,16)17)23-8(7(6)13)11-2-1-5(29)10-9(11)14;;;;/h1-2,4,6-8,12-13H,3H2,(H,18,19)(H,20,21)(H,10,14,29)(H2,15,16,17);;;;/q;4*+1/p-4. The number of aromatic nitrogens is 2. The normalized spacial score (nSPS) is 25.8. The summed E-state index contributed by atoms with van der Waals surface area (Å²) in [5, 5.41) is 19.9. The van der Waals surface area contributed by atoms with Crippen LogP contribution in [-0.2, 0) is 31.6 Å². The molecule has 3 N–H and O–H groups in total. The molecule has 0 bridgehead atoms. The summed E-state index contributed by atoms with van der Waals surface area (Å²) in [7, 11) is -18.1. The maximum atomic E-state index is 11.8. The Morgan fingerprint density at radius 1 is 1.03 bits per heavy atom. The first-order valence-electron chi connectivity index (χ1n) is 7.15. The van der Waals surface area contributed by atoms with E-state index in [1.54, 1.807) is 0 Å².